The normalized spacial score (nSPS) is 13.8. The Morgan fingerprint density at radius 1 is 0.960 bits per heavy atom. The highest BCUT2D eigenvalue weighted by atomic mass is 16.5. The summed E-state index contributed by atoms with van der Waals surface area (Å²) in [6.07, 6.45) is 2.41. The van der Waals surface area contributed by atoms with Crippen molar-refractivity contribution in [3.05, 3.63) is 0 Å². The van der Waals surface area contributed by atoms with E-state index in [9.17, 15) is 24.3 Å². The number of hydrogen-bond acceptors (Lipinski definition) is 5. The molecular formula is C19H32O6. The molecule has 0 heterocycles. The Morgan fingerprint density at radius 2 is 1.48 bits per heavy atom. The number of ketones is 2. The van der Waals surface area contributed by atoms with Gasteiger partial charge in [0.25, 0.3) is 0 Å². The number of ether oxygens (including phenoxy) is 1. The van der Waals surface area contributed by atoms with E-state index in [0.717, 1.165) is 12.8 Å². The number of esters is 1. The average molecular weight is 356 g/mol. The zero-order valence-electron chi connectivity index (χ0n) is 16.1. The number of Topliss-reactive ketones (excluding diaryl/α,β-unsaturated/α-hetero) is 2. The topological polar surface area (TPSA) is 97.7 Å². The van der Waals surface area contributed by atoms with E-state index < -0.39 is 29.2 Å². The molecule has 0 amide bonds. The van der Waals surface area contributed by atoms with Gasteiger partial charge in [0, 0.05) is 0 Å². The lowest BCUT2D eigenvalue weighted by atomic mass is 9.67. The number of aliphatic carboxylic acids is 1. The third-order valence-electron chi connectivity index (χ3n) is 4.91. The highest BCUT2D eigenvalue weighted by Crippen LogP contribution is 2.39. The fraction of sp³-hybridized carbons (Fsp3) is 0.789. The lowest BCUT2D eigenvalue weighted by Crippen LogP contribution is -2.43. The van der Waals surface area contributed by atoms with Crippen LogP contribution in [0.25, 0.3) is 0 Å². The Labute approximate surface area is 150 Å². The van der Waals surface area contributed by atoms with Gasteiger partial charge >= 0.3 is 11.9 Å². The Kier molecular flexibility index (Phi) is 10.2. The van der Waals surface area contributed by atoms with E-state index in [4.69, 9.17) is 4.74 Å². The Balaban J connectivity index is 5.76. The van der Waals surface area contributed by atoms with Crippen molar-refractivity contribution in [2.45, 2.75) is 73.1 Å². The second-order valence-electron chi connectivity index (χ2n) is 6.64. The standard InChI is InChI=1S/C19H32O6/c1-6-9-10-16(18(24)25-8-3)12-19(13(4)20,14(5)21)11-15(7-2)17(22)23/h15-16H,6-12H2,1-5H3,(H,22,23). The SMILES string of the molecule is CCCCC(CC(CC(CC)C(=O)O)(C(C)=O)C(C)=O)C(=O)OCC. The van der Waals surface area contributed by atoms with E-state index in [-0.39, 0.29) is 31.0 Å². The van der Waals surface area contributed by atoms with Gasteiger partial charge in [0.15, 0.2) is 0 Å². The largest absolute Gasteiger partial charge is 0.481 e. The summed E-state index contributed by atoms with van der Waals surface area (Å²) in [5.41, 5.74) is -1.45. The Hall–Kier alpha value is -1.72. The Morgan fingerprint density at radius 3 is 1.84 bits per heavy atom. The highest BCUT2D eigenvalue weighted by Gasteiger charge is 2.46. The molecule has 25 heavy (non-hydrogen) atoms. The van der Waals surface area contributed by atoms with Crippen LogP contribution in [-0.2, 0) is 23.9 Å². The van der Waals surface area contributed by atoms with Gasteiger partial charge in [-0.15, -0.1) is 0 Å². The quantitative estimate of drug-likeness (QED) is 0.401. The number of carboxylic acids is 1. The van der Waals surface area contributed by atoms with Crippen LogP contribution in [-0.4, -0.2) is 35.2 Å². The van der Waals surface area contributed by atoms with Crippen LogP contribution in [0.1, 0.15) is 73.1 Å². The van der Waals surface area contributed by atoms with Crippen molar-refractivity contribution >= 4 is 23.5 Å². The van der Waals surface area contributed by atoms with Gasteiger partial charge in [-0.3, -0.25) is 19.2 Å². The van der Waals surface area contributed by atoms with E-state index in [2.05, 4.69) is 0 Å². The zero-order valence-corrected chi connectivity index (χ0v) is 16.1. The molecule has 0 aromatic rings. The van der Waals surface area contributed by atoms with Gasteiger partial charge in [0.05, 0.1) is 23.9 Å². The lowest BCUT2D eigenvalue weighted by molar-refractivity contribution is -0.152. The summed E-state index contributed by atoms with van der Waals surface area (Å²) < 4.78 is 5.11. The van der Waals surface area contributed by atoms with Crippen LogP contribution in [0.5, 0.6) is 0 Å². The van der Waals surface area contributed by atoms with Crippen LogP contribution in [0.4, 0.5) is 0 Å². The molecule has 0 saturated carbocycles. The van der Waals surface area contributed by atoms with Gasteiger partial charge in [-0.25, -0.2) is 0 Å². The second kappa shape index (κ2) is 11.0. The van der Waals surface area contributed by atoms with Crippen molar-refractivity contribution in [2.75, 3.05) is 6.61 Å². The van der Waals surface area contributed by atoms with Crippen molar-refractivity contribution in [1.29, 1.82) is 0 Å². The smallest absolute Gasteiger partial charge is 0.308 e. The van der Waals surface area contributed by atoms with E-state index in [1.807, 2.05) is 6.92 Å². The predicted molar refractivity (Wildman–Crippen MR) is 94.1 cm³/mol. The van der Waals surface area contributed by atoms with E-state index >= 15 is 0 Å². The fourth-order valence-electron chi connectivity index (χ4n) is 3.17. The van der Waals surface area contributed by atoms with Gasteiger partial charge in [-0.05, 0) is 46.5 Å². The lowest BCUT2D eigenvalue weighted by Gasteiger charge is -2.33. The summed E-state index contributed by atoms with van der Waals surface area (Å²) in [5.74, 6) is -3.61. The van der Waals surface area contributed by atoms with E-state index in [1.165, 1.54) is 13.8 Å². The third kappa shape index (κ3) is 6.59. The fourth-order valence-corrected chi connectivity index (χ4v) is 3.17. The molecular weight excluding hydrogens is 324 g/mol. The number of carbonyl (C=O) groups is 4. The number of carboxylic acid groups (broad SMARTS) is 1. The highest BCUT2D eigenvalue weighted by molar-refractivity contribution is 6.05. The molecule has 2 atom stereocenters. The molecule has 2 unspecified atom stereocenters. The first-order valence-electron chi connectivity index (χ1n) is 9.07. The van der Waals surface area contributed by atoms with Crippen molar-refractivity contribution in [1.82, 2.24) is 0 Å². The molecule has 0 radical (unpaired) electrons. The Bertz CT molecular complexity index is 468. The summed E-state index contributed by atoms with van der Waals surface area (Å²) >= 11 is 0. The minimum Gasteiger partial charge on any atom is -0.481 e. The maximum absolute atomic E-state index is 12.4. The molecule has 6 nitrogen and oxygen atoms in total. The number of unbranched alkanes of at least 4 members (excludes halogenated alkanes) is 1. The summed E-state index contributed by atoms with van der Waals surface area (Å²) in [4.78, 5) is 48.5. The summed E-state index contributed by atoms with van der Waals surface area (Å²) in [6.45, 7) is 8.24. The first-order valence-corrected chi connectivity index (χ1v) is 9.07. The van der Waals surface area contributed by atoms with E-state index in [1.54, 1.807) is 13.8 Å². The first-order chi connectivity index (χ1) is 11.7. The molecule has 0 aromatic carbocycles. The second-order valence-corrected chi connectivity index (χ2v) is 6.64. The summed E-state index contributed by atoms with van der Waals surface area (Å²) in [7, 11) is 0. The van der Waals surface area contributed by atoms with Crippen molar-refractivity contribution < 1.29 is 29.0 Å². The van der Waals surface area contributed by atoms with Crippen LogP contribution in [0.15, 0.2) is 0 Å². The molecule has 144 valence electrons. The average Bonchev–Trinajstić information content (AvgIpc) is 2.53. The summed E-state index contributed by atoms with van der Waals surface area (Å²) in [6, 6.07) is 0. The number of hydrogen-bond donors (Lipinski definition) is 1. The molecule has 1 N–H and O–H groups in total. The van der Waals surface area contributed by atoms with Crippen LogP contribution in [0, 0.1) is 17.3 Å². The predicted octanol–water partition coefficient (Wildman–Crippen LogP) is 3.41. The van der Waals surface area contributed by atoms with E-state index in [0.29, 0.717) is 12.8 Å². The van der Waals surface area contributed by atoms with Crippen molar-refractivity contribution in [3.8, 4) is 0 Å². The number of rotatable bonds is 13. The van der Waals surface area contributed by atoms with Crippen LogP contribution >= 0.6 is 0 Å². The minimum atomic E-state index is -1.45. The maximum Gasteiger partial charge on any atom is 0.308 e. The third-order valence-corrected chi connectivity index (χ3v) is 4.91. The molecule has 0 bridgehead atoms. The molecule has 0 aliphatic heterocycles. The molecule has 0 rings (SSSR count). The van der Waals surface area contributed by atoms with Gasteiger partial charge in [-0.1, -0.05) is 26.7 Å². The van der Waals surface area contributed by atoms with Crippen molar-refractivity contribution in [3.63, 3.8) is 0 Å². The molecule has 6 heteroatoms. The number of carbonyl (C=O) groups excluding carboxylic acids is 3. The molecule has 0 aliphatic carbocycles. The van der Waals surface area contributed by atoms with Crippen LogP contribution in [0.3, 0.4) is 0 Å². The molecule has 0 spiro atoms. The van der Waals surface area contributed by atoms with Gasteiger partial charge in [0.2, 0.25) is 0 Å². The molecule has 0 saturated heterocycles. The van der Waals surface area contributed by atoms with Crippen LogP contribution < -0.4 is 0 Å². The monoisotopic (exact) mass is 356 g/mol. The molecule has 0 aromatic heterocycles. The first kappa shape index (κ1) is 23.3. The minimum absolute atomic E-state index is 0.0142. The zero-order chi connectivity index (χ0) is 19.6. The van der Waals surface area contributed by atoms with Crippen molar-refractivity contribution in [2.24, 2.45) is 17.3 Å². The maximum atomic E-state index is 12.4. The van der Waals surface area contributed by atoms with Gasteiger partial charge in [-0.2, -0.15) is 0 Å². The van der Waals surface area contributed by atoms with Crippen LogP contribution in [0.2, 0.25) is 0 Å². The molecule has 0 fully saturated rings. The van der Waals surface area contributed by atoms with Gasteiger partial charge < -0.3 is 9.84 Å². The van der Waals surface area contributed by atoms with Gasteiger partial charge in [0.1, 0.15) is 11.6 Å². The molecule has 0 aliphatic rings. The summed E-state index contributed by atoms with van der Waals surface area (Å²) in [5, 5.41) is 9.35.